The lowest BCUT2D eigenvalue weighted by molar-refractivity contribution is 0.0685. The molecule has 0 aliphatic rings. The molecule has 0 heterocycles. The van der Waals surface area contributed by atoms with E-state index in [0.717, 1.165) is 0 Å². The molecule has 8 nitrogen and oxygen atoms in total. The maximum atomic E-state index is 10.7. The van der Waals surface area contributed by atoms with Crippen LogP contribution in [-0.2, 0) is 0 Å². The molecule has 0 radical (unpaired) electrons. The molecule has 2 aromatic rings. The Morgan fingerprint density at radius 1 is 0.733 bits per heavy atom. The van der Waals surface area contributed by atoms with E-state index in [1.165, 1.54) is 48.6 Å². The van der Waals surface area contributed by atoms with E-state index in [-0.39, 0.29) is 35.5 Å². The summed E-state index contributed by atoms with van der Waals surface area (Å²) in [6.45, 7) is 7.46. The fourth-order valence-electron chi connectivity index (χ4n) is 2.10. The standard InChI is InChI=1S/2C11H10O4/c2*1-2-3-15-10-5-8(7-12)4-9(6-10)11(13)14/h2*2,4-7H,1,3H2,(H,13,14). The lowest BCUT2D eigenvalue weighted by Gasteiger charge is -2.05. The second-order valence-electron chi connectivity index (χ2n) is 5.63. The second kappa shape index (κ2) is 12.3. The van der Waals surface area contributed by atoms with Crippen molar-refractivity contribution in [3.05, 3.63) is 84.0 Å². The van der Waals surface area contributed by atoms with Gasteiger partial charge < -0.3 is 19.7 Å². The zero-order valence-electron chi connectivity index (χ0n) is 15.9. The highest BCUT2D eigenvalue weighted by Gasteiger charge is 2.08. The van der Waals surface area contributed by atoms with E-state index in [1.54, 1.807) is 0 Å². The van der Waals surface area contributed by atoms with E-state index >= 15 is 0 Å². The van der Waals surface area contributed by atoms with Crippen LogP contribution >= 0.6 is 0 Å². The molecule has 0 bridgehead atoms. The smallest absolute Gasteiger partial charge is 0.335 e. The molecule has 0 aromatic heterocycles. The lowest BCUT2D eigenvalue weighted by atomic mass is 10.1. The van der Waals surface area contributed by atoms with Gasteiger partial charge in [-0.1, -0.05) is 25.3 Å². The first kappa shape index (κ1) is 23.8. The summed E-state index contributed by atoms with van der Waals surface area (Å²) >= 11 is 0. The normalized spacial score (nSPS) is 9.33. The summed E-state index contributed by atoms with van der Waals surface area (Å²) in [5, 5.41) is 17.5. The fourth-order valence-corrected chi connectivity index (χ4v) is 2.10. The van der Waals surface area contributed by atoms with Crippen LogP contribution in [0.5, 0.6) is 11.5 Å². The highest BCUT2D eigenvalue weighted by atomic mass is 16.5. The molecule has 0 fully saturated rings. The molecule has 0 unspecified atom stereocenters. The highest BCUT2D eigenvalue weighted by molar-refractivity contribution is 5.91. The number of benzene rings is 2. The molecule has 0 spiro atoms. The van der Waals surface area contributed by atoms with Gasteiger partial charge in [-0.3, -0.25) is 9.59 Å². The molecule has 0 aliphatic carbocycles. The summed E-state index contributed by atoms with van der Waals surface area (Å²) in [5.41, 5.74) is 0.597. The molecule has 0 saturated carbocycles. The average molecular weight is 412 g/mol. The number of aromatic carboxylic acids is 2. The first-order valence-electron chi connectivity index (χ1n) is 8.49. The van der Waals surface area contributed by atoms with Crippen LogP contribution in [-0.4, -0.2) is 47.9 Å². The average Bonchev–Trinajstić information content (AvgIpc) is 2.75. The third-order valence-corrected chi connectivity index (χ3v) is 3.36. The third-order valence-electron chi connectivity index (χ3n) is 3.36. The van der Waals surface area contributed by atoms with Gasteiger partial charge in [0.1, 0.15) is 37.3 Å². The van der Waals surface area contributed by atoms with Gasteiger partial charge in [0.15, 0.2) is 0 Å². The Bertz CT molecular complexity index is 869. The predicted molar refractivity (Wildman–Crippen MR) is 109 cm³/mol. The summed E-state index contributed by atoms with van der Waals surface area (Å²) in [6, 6.07) is 8.25. The number of ether oxygens (including phenoxy) is 2. The second-order valence-corrected chi connectivity index (χ2v) is 5.63. The van der Waals surface area contributed by atoms with Crippen molar-refractivity contribution in [2.24, 2.45) is 0 Å². The van der Waals surface area contributed by atoms with Gasteiger partial charge in [-0.2, -0.15) is 0 Å². The van der Waals surface area contributed by atoms with Crippen LogP contribution in [0.25, 0.3) is 0 Å². The number of carbonyl (C=O) groups excluding carboxylic acids is 2. The van der Waals surface area contributed by atoms with Gasteiger partial charge in [0.25, 0.3) is 0 Å². The number of carboxylic acids is 2. The molecule has 0 atom stereocenters. The van der Waals surface area contributed by atoms with Crippen LogP contribution in [0.15, 0.2) is 61.7 Å². The zero-order valence-corrected chi connectivity index (χ0v) is 15.9. The number of carboxylic acid groups (broad SMARTS) is 2. The van der Waals surface area contributed by atoms with Gasteiger partial charge in [0.2, 0.25) is 0 Å². The van der Waals surface area contributed by atoms with Crippen LogP contribution in [0.1, 0.15) is 41.4 Å². The SMILES string of the molecule is C=CCOc1cc(C=O)cc(C(=O)O)c1.C=CCOc1cc(C=O)cc(C(=O)O)c1. The van der Waals surface area contributed by atoms with E-state index in [9.17, 15) is 19.2 Å². The minimum atomic E-state index is -1.10. The minimum Gasteiger partial charge on any atom is -0.490 e. The molecule has 0 aliphatic heterocycles. The Labute approximate surface area is 172 Å². The van der Waals surface area contributed by atoms with E-state index in [2.05, 4.69) is 13.2 Å². The molecule has 2 aromatic carbocycles. The van der Waals surface area contributed by atoms with Crippen molar-refractivity contribution in [3.63, 3.8) is 0 Å². The number of hydrogen-bond donors (Lipinski definition) is 2. The van der Waals surface area contributed by atoms with Crippen LogP contribution < -0.4 is 9.47 Å². The summed E-state index contributed by atoms with van der Waals surface area (Å²) in [6.07, 6.45) is 4.22. The largest absolute Gasteiger partial charge is 0.490 e. The maximum Gasteiger partial charge on any atom is 0.335 e. The molecule has 2 rings (SSSR count). The van der Waals surface area contributed by atoms with Crippen molar-refractivity contribution in [1.29, 1.82) is 0 Å². The van der Waals surface area contributed by atoms with E-state index in [0.29, 0.717) is 24.1 Å². The monoisotopic (exact) mass is 412 g/mol. The van der Waals surface area contributed by atoms with Gasteiger partial charge in [0.05, 0.1) is 11.1 Å². The molecular weight excluding hydrogens is 392 g/mol. The number of aldehydes is 2. The zero-order chi connectivity index (χ0) is 22.5. The van der Waals surface area contributed by atoms with Gasteiger partial charge in [-0.05, 0) is 36.4 Å². The van der Waals surface area contributed by atoms with Crippen molar-refractivity contribution in [2.75, 3.05) is 13.2 Å². The van der Waals surface area contributed by atoms with E-state index in [1.807, 2.05) is 0 Å². The summed E-state index contributed by atoms with van der Waals surface area (Å²) < 4.78 is 10.3. The van der Waals surface area contributed by atoms with Crippen LogP contribution in [0, 0.1) is 0 Å². The van der Waals surface area contributed by atoms with Crippen molar-refractivity contribution in [2.45, 2.75) is 0 Å². The first-order valence-corrected chi connectivity index (χ1v) is 8.49. The van der Waals surface area contributed by atoms with E-state index in [4.69, 9.17) is 19.7 Å². The Balaban J connectivity index is 0.000000300. The van der Waals surface area contributed by atoms with Crippen LogP contribution in [0.2, 0.25) is 0 Å². The van der Waals surface area contributed by atoms with Crippen LogP contribution in [0.4, 0.5) is 0 Å². The number of hydrogen-bond acceptors (Lipinski definition) is 6. The molecule has 0 amide bonds. The fraction of sp³-hybridized carbons (Fsp3) is 0.0909. The minimum absolute atomic E-state index is 0.0265. The Hall–Kier alpha value is -4.20. The Morgan fingerprint density at radius 2 is 1.10 bits per heavy atom. The molecule has 30 heavy (non-hydrogen) atoms. The Kier molecular flexibility index (Phi) is 9.77. The molecule has 2 N–H and O–H groups in total. The third kappa shape index (κ3) is 7.81. The van der Waals surface area contributed by atoms with Gasteiger partial charge in [0, 0.05) is 11.1 Å². The van der Waals surface area contributed by atoms with Gasteiger partial charge >= 0.3 is 11.9 Å². The quantitative estimate of drug-likeness (QED) is 0.448. The van der Waals surface area contributed by atoms with Gasteiger partial charge in [-0.25, -0.2) is 9.59 Å². The first-order chi connectivity index (χ1) is 14.3. The van der Waals surface area contributed by atoms with Crippen LogP contribution in [0.3, 0.4) is 0 Å². The molecular formula is C22H20O8. The van der Waals surface area contributed by atoms with Crippen molar-refractivity contribution in [1.82, 2.24) is 0 Å². The maximum absolute atomic E-state index is 10.7. The van der Waals surface area contributed by atoms with Crippen molar-refractivity contribution in [3.8, 4) is 11.5 Å². The topological polar surface area (TPSA) is 127 Å². The Morgan fingerprint density at radius 3 is 1.37 bits per heavy atom. The highest BCUT2D eigenvalue weighted by Crippen LogP contribution is 2.17. The molecule has 0 saturated heterocycles. The molecule has 8 heteroatoms. The lowest BCUT2D eigenvalue weighted by Crippen LogP contribution is -2.00. The summed E-state index contributed by atoms with van der Waals surface area (Å²) in [7, 11) is 0. The van der Waals surface area contributed by atoms with E-state index < -0.39 is 11.9 Å². The summed E-state index contributed by atoms with van der Waals surface area (Å²) in [5.74, 6) is -1.50. The van der Waals surface area contributed by atoms with Gasteiger partial charge in [-0.15, -0.1) is 0 Å². The summed E-state index contributed by atoms with van der Waals surface area (Å²) in [4.78, 5) is 42.5. The number of carbonyl (C=O) groups is 4. The number of rotatable bonds is 10. The molecule has 156 valence electrons. The predicted octanol–water partition coefficient (Wildman–Crippen LogP) is 3.52. The van der Waals surface area contributed by atoms with Crippen molar-refractivity contribution < 1.29 is 38.9 Å². The van der Waals surface area contributed by atoms with Crippen molar-refractivity contribution >= 4 is 24.5 Å².